The molecule has 2 aromatic carbocycles. The maximum Gasteiger partial charge on any atom is 0.410 e. The zero-order chi connectivity index (χ0) is 26.4. The van der Waals surface area contributed by atoms with Crippen molar-refractivity contribution in [3.05, 3.63) is 65.5 Å². The molecule has 2 saturated heterocycles. The summed E-state index contributed by atoms with van der Waals surface area (Å²) in [6.07, 6.45) is 2.10. The summed E-state index contributed by atoms with van der Waals surface area (Å²) in [4.78, 5) is 14.1. The fourth-order valence-corrected chi connectivity index (χ4v) is 7.44. The first-order valence-corrected chi connectivity index (χ1v) is 13.9. The molecular weight excluding hydrogens is 509 g/mol. The van der Waals surface area contributed by atoms with Gasteiger partial charge in [-0.2, -0.15) is 4.31 Å². The predicted molar refractivity (Wildman–Crippen MR) is 127 cm³/mol. The quantitative estimate of drug-likeness (QED) is 0.605. The van der Waals surface area contributed by atoms with E-state index >= 15 is 0 Å². The minimum Gasteiger partial charge on any atom is -0.441 e. The van der Waals surface area contributed by atoms with Gasteiger partial charge in [0.05, 0.1) is 23.1 Å². The Balaban J connectivity index is 1.52. The largest absolute Gasteiger partial charge is 0.441 e. The van der Waals surface area contributed by atoms with Gasteiger partial charge >= 0.3 is 6.09 Å². The minimum absolute atomic E-state index is 0.337. The number of rotatable bonds is 5. The van der Waals surface area contributed by atoms with Gasteiger partial charge in [-0.15, -0.1) is 0 Å². The van der Waals surface area contributed by atoms with Gasteiger partial charge in [-0.1, -0.05) is 12.1 Å². The van der Waals surface area contributed by atoms with Gasteiger partial charge in [0, 0.05) is 13.1 Å². The highest BCUT2D eigenvalue weighted by molar-refractivity contribution is 7.89. The summed E-state index contributed by atoms with van der Waals surface area (Å²) in [6.45, 7) is 0.674. The molecule has 2 aromatic rings. The number of hydrogen-bond acceptors (Lipinski definition) is 5. The average Bonchev–Trinajstić information content (AvgIpc) is 3.66. The van der Waals surface area contributed by atoms with E-state index < -0.39 is 62.3 Å². The summed E-state index contributed by atoms with van der Waals surface area (Å²) in [5.41, 5.74) is -0.645. The Morgan fingerprint density at radius 3 is 2.35 bits per heavy atom. The second-order valence-corrected chi connectivity index (χ2v) is 11.9. The highest BCUT2D eigenvalue weighted by Crippen LogP contribution is 2.52. The summed E-state index contributed by atoms with van der Waals surface area (Å²) < 4.78 is 77.1. The molecule has 1 aliphatic carbocycles. The van der Waals surface area contributed by atoms with E-state index in [-0.39, 0.29) is 0 Å². The van der Waals surface area contributed by atoms with Crippen molar-refractivity contribution < 1.29 is 36.2 Å². The van der Waals surface area contributed by atoms with E-state index in [2.05, 4.69) is 0 Å². The first-order valence-electron chi connectivity index (χ1n) is 12.5. The van der Waals surface area contributed by atoms with Crippen LogP contribution in [-0.4, -0.2) is 59.7 Å². The number of likely N-dealkylation sites (tertiary alicyclic amines) is 1. The normalized spacial score (nSPS) is 24.6. The monoisotopic (exact) mass is 538 g/mol. The third-order valence-corrected chi connectivity index (χ3v) is 9.55. The van der Waals surface area contributed by atoms with Gasteiger partial charge in [-0.3, -0.25) is 0 Å². The lowest BCUT2D eigenvalue weighted by Gasteiger charge is -2.45. The molecule has 1 N–H and O–H groups in total. The molecule has 0 spiro atoms. The van der Waals surface area contributed by atoms with Gasteiger partial charge in [0.15, 0.2) is 11.6 Å². The van der Waals surface area contributed by atoms with E-state index in [1.807, 2.05) is 0 Å². The van der Waals surface area contributed by atoms with E-state index in [0.717, 1.165) is 12.1 Å². The van der Waals surface area contributed by atoms with E-state index in [4.69, 9.17) is 4.74 Å². The first-order chi connectivity index (χ1) is 17.6. The SMILES string of the molecule is O=C(OC1([C@H]2CCC[C@@H](c3cccc(F)c3)N2S(=O)(=O)c2ccc(F)c(F)c2)CC1)N1CCC(O)CC1. The number of amides is 1. The van der Waals surface area contributed by atoms with Crippen LogP contribution in [-0.2, 0) is 14.8 Å². The Morgan fingerprint density at radius 2 is 1.70 bits per heavy atom. The summed E-state index contributed by atoms with van der Waals surface area (Å²) in [5.74, 6) is -2.99. The number of ether oxygens (including phenoxy) is 1. The molecule has 2 heterocycles. The number of carbonyl (C=O) groups excluding carboxylic acids is 1. The molecule has 3 fully saturated rings. The number of piperidine rings is 2. The fraction of sp³-hybridized carbons (Fsp3) is 0.500. The predicted octanol–water partition coefficient (Wildman–Crippen LogP) is 4.51. The van der Waals surface area contributed by atoms with Crippen LogP contribution in [0.5, 0.6) is 0 Å². The molecule has 5 rings (SSSR count). The number of carbonyl (C=O) groups is 1. The molecule has 1 amide bonds. The molecule has 0 unspecified atom stereocenters. The molecule has 200 valence electrons. The van der Waals surface area contributed by atoms with Crippen molar-refractivity contribution in [2.75, 3.05) is 13.1 Å². The van der Waals surface area contributed by atoms with Crippen LogP contribution in [0.4, 0.5) is 18.0 Å². The van der Waals surface area contributed by atoms with E-state index in [0.29, 0.717) is 69.7 Å². The van der Waals surface area contributed by atoms with Crippen molar-refractivity contribution in [3.63, 3.8) is 0 Å². The lowest BCUT2D eigenvalue weighted by Crippen LogP contribution is -2.54. The second kappa shape index (κ2) is 9.92. The Morgan fingerprint density at radius 1 is 0.973 bits per heavy atom. The molecular formula is C26H29F3N2O5S. The summed E-state index contributed by atoms with van der Waals surface area (Å²) >= 11 is 0. The molecule has 1 saturated carbocycles. The van der Waals surface area contributed by atoms with Crippen LogP contribution in [0.3, 0.4) is 0 Å². The Kier molecular flexibility index (Phi) is 6.97. The van der Waals surface area contributed by atoms with Crippen LogP contribution in [0.15, 0.2) is 47.4 Å². The maximum atomic E-state index is 14.2. The van der Waals surface area contributed by atoms with Gasteiger partial charge in [-0.25, -0.2) is 26.4 Å². The van der Waals surface area contributed by atoms with Crippen LogP contribution in [0.2, 0.25) is 0 Å². The third kappa shape index (κ3) is 5.08. The number of nitrogens with zero attached hydrogens (tertiary/aromatic N) is 2. The fourth-order valence-electron chi connectivity index (χ4n) is 5.51. The lowest BCUT2D eigenvalue weighted by atomic mass is 9.90. The van der Waals surface area contributed by atoms with Crippen molar-refractivity contribution >= 4 is 16.1 Å². The van der Waals surface area contributed by atoms with Crippen molar-refractivity contribution in [2.45, 2.75) is 73.6 Å². The number of aliphatic hydroxyl groups is 1. The molecule has 0 radical (unpaired) electrons. The molecule has 3 aliphatic rings. The number of hydrogen-bond donors (Lipinski definition) is 1. The van der Waals surface area contributed by atoms with Crippen molar-refractivity contribution in [2.24, 2.45) is 0 Å². The first kappa shape index (κ1) is 26.0. The van der Waals surface area contributed by atoms with Crippen LogP contribution < -0.4 is 0 Å². The van der Waals surface area contributed by atoms with Crippen LogP contribution >= 0.6 is 0 Å². The topological polar surface area (TPSA) is 87.2 Å². The molecule has 7 nitrogen and oxygen atoms in total. The van der Waals surface area contributed by atoms with Crippen LogP contribution in [0.1, 0.15) is 56.6 Å². The smallest absolute Gasteiger partial charge is 0.410 e. The van der Waals surface area contributed by atoms with Crippen LogP contribution in [0, 0.1) is 17.5 Å². The van der Waals surface area contributed by atoms with Gasteiger partial charge in [0.25, 0.3) is 0 Å². The number of halogens is 3. The Hall–Kier alpha value is -2.63. The minimum atomic E-state index is -4.41. The molecule has 0 bridgehead atoms. The van der Waals surface area contributed by atoms with E-state index in [1.165, 1.54) is 27.4 Å². The van der Waals surface area contributed by atoms with Crippen molar-refractivity contribution in [3.8, 4) is 0 Å². The lowest BCUT2D eigenvalue weighted by molar-refractivity contribution is -0.0160. The highest BCUT2D eigenvalue weighted by atomic mass is 32.2. The Labute approximate surface area is 213 Å². The van der Waals surface area contributed by atoms with E-state index in [9.17, 15) is 31.5 Å². The summed E-state index contributed by atoms with van der Waals surface area (Å²) in [5, 5.41) is 9.75. The maximum absolute atomic E-state index is 14.2. The van der Waals surface area contributed by atoms with Gasteiger partial charge < -0.3 is 14.7 Å². The summed E-state index contributed by atoms with van der Waals surface area (Å²) in [6, 6.07) is 6.51. The average molecular weight is 539 g/mol. The zero-order valence-electron chi connectivity index (χ0n) is 20.2. The summed E-state index contributed by atoms with van der Waals surface area (Å²) in [7, 11) is -4.41. The second-order valence-electron chi connectivity index (χ2n) is 10.1. The van der Waals surface area contributed by atoms with Crippen molar-refractivity contribution in [1.82, 2.24) is 9.21 Å². The third-order valence-electron chi connectivity index (χ3n) is 7.63. The molecule has 37 heavy (non-hydrogen) atoms. The molecule has 11 heteroatoms. The zero-order valence-corrected chi connectivity index (χ0v) is 21.0. The molecule has 2 aliphatic heterocycles. The standard InChI is InChI=1S/C26H29F3N2O5S/c27-18-4-1-3-17(15-18)23-5-2-6-24(31(23)37(34,35)20-7-8-21(28)22(29)16-20)26(11-12-26)36-25(33)30-13-9-19(32)10-14-30/h1,3-4,7-8,15-16,19,23-24,32H,2,5-6,9-14H2/t23-,24+/m0/s1. The molecule has 2 atom stereocenters. The van der Waals surface area contributed by atoms with Crippen LogP contribution in [0.25, 0.3) is 0 Å². The van der Waals surface area contributed by atoms with Gasteiger partial charge in [0.1, 0.15) is 11.4 Å². The van der Waals surface area contributed by atoms with Crippen molar-refractivity contribution in [1.29, 1.82) is 0 Å². The number of benzene rings is 2. The highest BCUT2D eigenvalue weighted by Gasteiger charge is 2.60. The van der Waals surface area contributed by atoms with E-state index in [1.54, 1.807) is 6.07 Å². The van der Waals surface area contributed by atoms with Gasteiger partial charge in [0.2, 0.25) is 10.0 Å². The Bertz CT molecular complexity index is 1280. The van der Waals surface area contributed by atoms with Gasteiger partial charge in [-0.05, 0) is 80.8 Å². The number of aliphatic hydroxyl groups excluding tert-OH is 1. The molecule has 0 aromatic heterocycles. The number of sulfonamides is 1.